The predicted octanol–water partition coefficient (Wildman–Crippen LogP) is 1.55. The van der Waals surface area contributed by atoms with Gasteiger partial charge in [-0.3, -0.25) is 9.89 Å². The lowest BCUT2D eigenvalue weighted by Crippen LogP contribution is -2.53. The fraction of sp³-hybridized carbons (Fsp3) is 0.941. The molecule has 2 rings (SSSR count). The SMILES string of the molecule is CCNC(=NCC(C)C)NCC(C1CCOC1)N1CCOCC1.I. The lowest BCUT2D eigenvalue weighted by atomic mass is 9.97. The summed E-state index contributed by atoms with van der Waals surface area (Å²) in [5.74, 6) is 2.11. The molecular formula is C17H35IN4O2. The first-order valence-corrected chi connectivity index (χ1v) is 9.12. The highest BCUT2D eigenvalue weighted by Gasteiger charge is 2.31. The molecule has 2 heterocycles. The Hall–Kier alpha value is -0.120. The van der Waals surface area contributed by atoms with Gasteiger partial charge in [0.25, 0.3) is 0 Å². The third-order valence-electron chi connectivity index (χ3n) is 4.46. The summed E-state index contributed by atoms with van der Waals surface area (Å²) in [6.45, 7) is 14.6. The van der Waals surface area contributed by atoms with Gasteiger partial charge in [-0.15, -0.1) is 24.0 Å². The number of hydrogen-bond acceptors (Lipinski definition) is 4. The van der Waals surface area contributed by atoms with Crippen molar-refractivity contribution in [1.29, 1.82) is 0 Å². The van der Waals surface area contributed by atoms with E-state index in [1.165, 1.54) is 0 Å². The summed E-state index contributed by atoms with van der Waals surface area (Å²) in [6, 6.07) is 0.490. The molecular weight excluding hydrogens is 419 g/mol. The Bertz CT molecular complexity index is 356. The first-order chi connectivity index (χ1) is 11.2. The zero-order chi connectivity index (χ0) is 16.5. The van der Waals surface area contributed by atoms with Gasteiger partial charge in [0.05, 0.1) is 19.8 Å². The molecule has 2 aliphatic rings. The van der Waals surface area contributed by atoms with Crippen LogP contribution in [-0.4, -0.2) is 76.1 Å². The normalized spacial score (nSPS) is 23.8. The number of guanidine groups is 1. The summed E-state index contributed by atoms with van der Waals surface area (Å²) < 4.78 is 11.1. The molecule has 2 fully saturated rings. The smallest absolute Gasteiger partial charge is 0.191 e. The summed E-state index contributed by atoms with van der Waals surface area (Å²) in [5.41, 5.74) is 0. The first-order valence-electron chi connectivity index (χ1n) is 9.12. The maximum absolute atomic E-state index is 5.63. The minimum atomic E-state index is 0. The molecule has 0 aromatic rings. The highest BCUT2D eigenvalue weighted by atomic mass is 127. The second-order valence-electron chi connectivity index (χ2n) is 6.83. The van der Waals surface area contributed by atoms with Crippen LogP contribution in [-0.2, 0) is 9.47 Å². The van der Waals surface area contributed by atoms with E-state index in [1.807, 2.05) is 0 Å². The van der Waals surface area contributed by atoms with Crippen LogP contribution >= 0.6 is 24.0 Å². The van der Waals surface area contributed by atoms with Crippen molar-refractivity contribution in [3.8, 4) is 0 Å². The van der Waals surface area contributed by atoms with Gasteiger partial charge in [-0.2, -0.15) is 0 Å². The third-order valence-corrected chi connectivity index (χ3v) is 4.46. The fourth-order valence-corrected chi connectivity index (χ4v) is 3.18. The second-order valence-corrected chi connectivity index (χ2v) is 6.83. The van der Waals surface area contributed by atoms with Crippen molar-refractivity contribution >= 4 is 29.9 Å². The highest BCUT2D eigenvalue weighted by molar-refractivity contribution is 14.0. The van der Waals surface area contributed by atoms with Gasteiger partial charge in [0.2, 0.25) is 0 Å². The van der Waals surface area contributed by atoms with Crippen LogP contribution in [0.25, 0.3) is 0 Å². The standard InChI is InChI=1S/C17H34N4O2.HI/c1-4-18-17(19-11-14(2)3)20-12-16(15-5-8-23-13-15)21-6-9-22-10-7-21;/h14-16H,4-13H2,1-3H3,(H2,18,19,20);1H. The van der Waals surface area contributed by atoms with Crippen molar-refractivity contribution < 1.29 is 9.47 Å². The van der Waals surface area contributed by atoms with Crippen molar-refractivity contribution in [3.63, 3.8) is 0 Å². The Morgan fingerprint density at radius 3 is 2.50 bits per heavy atom. The lowest BCUT2D eigenvalue weighted by molar-refractivity contribution is 0.00246. The molecule has 0 aromatic heterocycles. The van der Waals surface area contributed by atoms with Crippen LogP contribution in [0.15, 0.2) is 4.99 Å². The van der Waals surface area contributed by atoms with E-state index in [9.17, 15) is 0 Å². The first kappa shape index (κ1) is 21.9. The van der Waals surface area contributed by atoms with E-state index in [2.05, 4.69) is 41.3 Å². The fourth-order valence-electron chi connectivity index (χ4n) is 3.18. The predicted molar refractivity (Wildman–Crippen MR) is 109 cm³/mol. The molecule has 2 atom stereocenters. The van der Waals surface area contributed by atoms with Gasteiger partial charge in [-0.1, -0.05) is 13.8 Å². The minimum absolute atomic E-state index is 0. The summed E-state index contributed by atoms with van der Waals surface area (Å²) >= 11 is 0. The topological polar surface area (TPSA) is 58.1 Å². The second kappa shape index (κ2) is 12.3. The summed E-state index contributed by atoms with van der Waals surface area (Å²) in [6.07, 6.45) is 1.16. The number of rotatable bonds is 7. The molecule has 0 aliphatic carbocycles. The molecule has 0 radical (unpaired) electrons. The Labute approximate surface area is 164 Å². The summed E-state index contributed by atoms with van der Waals surface area (Å²) in [5, 5.41) is 6.90. The maximum atomic E-state index is 5.63. The summed E-state index contributed by atoms with van der Waals surface area (Å²) in [7, 11) is 0. The molecule has 2 unspecified atom stereocenters. The molecule has 0 saturated carbocycles. The molecule has 0 aromatic carbocycles. The van der Waals surface area contributed by atoms with Crippen molar-refractivity contribution in [1.82, 2.24) is 15.5 Å². The zero-order valence-corrected chi connectivity index (χ0v) is 17.8. The molecule has 7 heteroatoms. The van der Waals surface area contributed by atoms with E-state index in [0.717, 1.165) is 71.5 Å². The number of aliphatic imine (C=N–C) groups is 1. The van der Waals surface area contributed by atoms with Gasteiger partial charge in [0, 0.05) is 51.3 Å². The maximum Gasteiger partial charge on any atom is 0.191 e. The van der Waals surface area contributed by atoms with Crippen molar-refractivity contribution in [2.75, 3.05) is 59.2 Å². The minimum Gasteiger partial charge on any atom is -0.381 e. The van der Waals surface area contributed by atoms with Crippen LogP contribution in [0.3, 0.4) is 0 Å². The van der Waals surface area contributed by atoms with Gasteiger partial charge in [-0.05, 0) is 19.3 Å². The largest absolute Gasteiger partial charge is 0.381 e. The van der Waals surface area contributed by atoms with Crippen molar-refractivity contribution in [3.05, 3.63) is 0 Å². The van der Waals surface area contributed by atoms with Crippen LogP contribution in [0.2, 0.25) is 0 Å². The molecule has 142 valence electrons. The Balaban J connectivity index is 0.00000288. The van der Waals surface area contributed by atoms with Crippen LogP contribution in [0, 0.1) is 11.8 Å². The van der Waals surface area contributed by atoms with Crippen LogP contribution in [0.1, 0.15) is 27.2 Å². The van der Waals surface area contributed by atoms with Crippen molar-refractivity contribution in [2.24, 2.45) is 16.8 Å². The average molecular weight is 454 g/mol. The van der Waals surface area contributed by atoms with E-state index >= 15 is 0 Å². The molecule has 0 bridgehead atoms. The van der Waals surface area contributed by atoms with E-state index in [1.54, 1.807) is 0 Å². The number of ether oxygens (including phenoxy) is 2. The number of halogens is 1. The molecule has 2 aliphatic heterocycles. The molecule has 0 amide bonds. The number of nitrogens with one attached hydrogen (secondary N) is 2. The van der Waals surface area contributed by atoms with Gasteiger partial charge in [0.15, 0.2) is 5.96 Å². The van der Waals surface area contributed by atoms with Crippen molar-refractivity contribution in [2.45, 2.75) is 33.2 Å². The van der Waals surface area contributed by atoms with Gasteiger partial charge >= 0.3 is 0 Å². The average Bonchev–Trinajstić information content (AvgIpc) is 3.08. The van der Waals surface area contributed by atoms with Gasteiger partial charge in [-0.25, -0.2) is 0 Å². The van der Waals surface area contributed by atoms with Crippen LogP contribution in [0.4, 0.5) is 0 Å². The zero-order valence-electron chi connectivity index (χ0n) is 15.4. The Morgan fingerprint density at radius 1 is 1.17 bits per heavy atom. The van der Waals surface area contributed by atoms with E-state index < -0.39 is 0 Å². The monoisotopic (exact) mass is 454 g/mol. The highest BCUT2D eigenvalue weighted by Crippen LogP contribution is 2.21. The number of morpholine rings is 1. The summed E-state index contributed by atoms with van der Waals surface area (Å²) in [4.78, 5) is 7.23. The lowest BCUT2D eigenvalue weighted by Gasteiger charge is -2.37. The van der Waals surface area contributed by atoms with Gasteiger partial charge < -0.3 is 20.1 Å². The quantitative estimate of drug-likeness (QED) is 0.348. The number of nitrogens with zero attached hydrogens (tertiary/aromatic N) is 2. The van der Waals surface area contributed by atoms with E-state index in [4.69, 9.17) is 9.47 Å². The molecule has 2 N–H and O–H groups in total. The molecule has 6 nitrogen and oxygen atoms in total. The van der Waals surface area contributed by atoms with E-state index in [0.29, 0.717) is 17.9 Å². The molecule has 24 heavy (non-hydrogen) atoms. The molecule has 2 saturated heterocycles. The number of hydrogen-bond donors (Lipinski definition) is 2. The molecule has 0 spiro atoms. The third kappa shape index (κ3) is 7.41. The Kier molecular flexibility index (Phi) is 11.2. The van der Waals surface area contributed by atoms with Crippen LogP contribution in [0.5, 0.6) is 0 Å². The Morgan fingerprint density at radius 2 is 1.92 bits per heavy atom. The van der Waals surface area contributed by atoms with E-state index in [-0.39, 0.29) is 24.0 Å². The van der Waals surface area contributed by atoms with Gasteiger partial charge in [0.1, 0.15) is 0 Å². The van der Waals surface area contributed by atoms with Crippen LogP contribution < -0.4 is 10.6 Å².